The van der Waals surface area contributed by atoms with Gasteiger partial charge in [0, 0.05) is 66.8 Å². The van der Waals surface area contributed by atoms with Crippen LogP contribution >= 0.6 is 24.0 Å². The summed E-state index contributed by atoms with van der Waals surface area (Å²) in [5, 5.41) is 16.8. The van der Waals surface area contributed by atoms with Gasteiger partial charge in [-0.15, -0.1) is 12.4 Å². The molecule has 7 nitrogen and oxygen atoms in total. The van der Waals surface area contributed by atoms with Gasteiger partial charge < -0.3 is 20.2 Å². The molecule has 210 valence electrons. The van der Waals surface area contributed by atoms with Crippen LogP contribution in [0.3, 0.4) is 0 Å². The van der Waals surface area contributed by atoms with Crippen molar-refractivity contribution in [3.63, 3.8) is 0 Å². The third kappa shape index (κ3) is 5.95. The average Bonchev–Trinajstić information content (AvgIpc) is 3.36. The Labute approximate surface area is 233 Å². The smallest absolute Gasteiger partial charge is 0.433 e. The molecule has 0 aliphatic carbocycles. The molecule has 1 aromatic heterocycles. The first-order chi connectivity index (χ1) is 18.1. The fraction of sp³-hybridized carbons (Fsp3) is 0.385. The molecule has 1 unspecified atom stereocenters. The zero-order valence-electron chi connectivity index (χ0n) is 20.7. The number of carbonyl (C=O) groups is 1. The Morgan fingerprint density at radius 1 is 1.05 bits per heavy atom. The Morgan fingerprint density at radius 3 is 2.44 bits per heavy atom. The molecule has 1 atom stereocenters. The predicted octanol–water partition coefficient (Wildman–Crippen LogP) is 5.73. The fourth-order valence-corrected chi connectivity index (χ4v) is 5.45. The lowest BCUT2D eigenvalue weighted by molar-refractivity contribution is -0.145. The number of piperidine rings is 1. The molecule has 2 aliphatic rings. The van der Waals surface area contributed by atoms with Crippen molar-refractivity contribution in [2.45, 2.75) is 25.1 Å². The zero-order chi connectivity index (χ0) is 27.0. The molecule has 2 N–H and O–H groups in total. The Morgan fingerprint density at radius 2 is 1.77 bits per heavy atom. The van der Waals surface area contributed by atoms with Crippen molar-refractivity contribution in [1.82, 2.24) is 15.1 Å². The molecule has 2 saturated heterocycles. The molecule has 2 fully saturated rings. The van der Waals surface area contributed by atoms with Gasteiger partial charge in [0.15, 0.2) is 5.69 Å². The summed E-state index contributed by atoms with van der Waals surface area (Å²) in [6.07, 6.45) is -3.24. The number of rotatable bonds is 5. The number of anilines is 2. The van der Waals surface area contributed by atoms with E-state index in [9.17, 15) is 23.1 Å². The fourth-order valence-electron chi connectivity index (χ4n) is 5.29. The Balaban J connectivity index is 0.00000353. The quantitative estimate of drug-likeness (QED) is 0.371. The minimum atomic E-state index is -4.89. The highest BCUT2D eigenvalue weighted by molar-refractivity contribution is 6.31. The van der Waals surface area contributed by atoms with Gasteiger partial charge in [-0.25, -0.2) is 9.18 Å². The number of nitrogens with one attached hydrogen (secondary N) is 1. The molecule has 13 heteroatoms. The normalized spacial score (nSPS) is 18.1. The highest BCUT2D eigenvalue weighted by Gasteiger charge is 2.42. The van der Waals surface area contributed by atoms with Crippen molar-refractivity contribution >= 4 is 41.4 Å². The van der Waals surface area contributed by atoms with Crippen molar-refractivity contribution in [2.75, 3.05) is 49.1 Å². The summed E-state index contributed by atoms with van der Waals surface area (Å²) in [5.41, 5.74) is 0.148. The number of nitrogens with zero attached hydrogens (tertiary/aromatic N) is 4. The molecule has 3 aromatic rings. The number of aromatic carboxylic acids is 1. The van der Waals surface area contributed by atoms with Crippen molar-refractivity contribution in [1.29, 1.82) is 0 Å². The summed E-state index contributed by atoms with van der Waals surface area (Å²) in [5.74, 6) is -2.09. The van der Waals surface area contributed by atoms with Crippen LogP contribution in [0.15, 0.2) is 42.6 Å². The highest BCUT2D eigenvalue weighted by Crippen LogP contribution is 2.40. The van der Waals surface area contributed by atoms with E-state index in [1.165, 1.54) is 6.07 Å². The van der Waals surface area contributed by atoms with E-state index in [1.54, 1.807) is 24.3 Å². The maximum atomic E-state index is 15.5. The number of halogens is 6. The minimum absolute atomic E-state index is 0. The van der Waals surface area contributed by atoms with E-state index in [0.29, 0.717) is 41.2 Å². The molecule has 0 amide bonds. The zero-order valence-corrected chi connectivity index (χ0v) is 22.3. The molecule has 0 spiro atoms. The van der Waals surface area contributed by atoms with Gasteiger partial charge in [-0.05, 0) is 43.2 Å². The Bertz CT molecular complexity index is 1340. The lowest BCUT2D eigenvalue weighted by Gasteiger charge is -2.36. The van der Waals surface area contributed by atoms with E-state index >= 15 is 4.39 Å². The third-order valence-corrected chi connectivity index (χ3v) is 7.30. The van der Waals surface area contributed by atoms with Crippen LogP contribution in [0.5, 0.6) is 0 Å². The first kappa shape index (κ1) is 29.0. The molecule has 0 radical (unpaired) electrons. The van der Waals surface area contributed by atoms with Gasteiger partial charge in [0.05, 0.1) is 12.2 Å². The number of benzene rings is 2. The molecule has 5 rings (SSSR count). The van der Waals surface area contributed by atoms with E-state index in [0.717, 1.165) is 42.7 Å². The number of carboxylic acids is 1. The second kappa shape index (κ2) is 11.6. The van der Waals surface area contributed by atoms with Gasteiger partial charge in [0.25, 0.3) is 0 Å². The number of hydrogen-bond donors (Lipinski definition) is 2. The van der Waals surface area contributed by atoms with Gasteiger partial charge in [-0.1, -0.05) is 17.7 Å². The van der Waals surface area contributed by atoms with Crippen molar-refractivity contribution < 1.29 is 27.5 Å². The van der Waals surface area contributed by atoms with Gasteiger partial charge >= 0.3 is 12.1 Å². The molecular weight excluding hydrogens is 561 g/mol. The van der Waals surface area contributed by atoms with Gasteiger partial charge in [-0.2, -0.15) is 18.3 Å². The monoisotopic (exact) mass is 587 g/mol. The van der Waals surface area contributed by atoms with Gasteiger partial charge in [0.2, 0.25) is 0 Å². The number of alkyl halides is 3. The Hall–Kier alpha value is -3.02. The van der Waals surface area contributed by atoms with Crippen LogP contribution in [-0.4, -0.2) is 60.1 Å². The number of carboxylic acid groups (broad SMARTS) is 1. The standard InChI is InChI=1S/C26H26ClF4N5O2.ClH/c27-16-3-5-20(19-6-4-17(13-22(19)28)34-10-7-32-8-11-34)23(12-16)35-9-1-2-18(15-35)36-24(26(29,30)31)21(14-33-36)25(37)38;/h3-6,12-14,18,32H,1-2,7-11,15H2,(H,37,38);1H. The first-order valence-electron chi connectivity index (χ1n) is 12.3. The summed E-state index contributed by atoms with van der Waals surface area (Å²) in [6, 6.07) is 9.40. The maximum Gasteiger partial charge on any atom is 0.433 e. The highest BCUT2D eigenvalue weighted by atomic mass is 35.5. The van der Waals surface area contributed by atoms with E-state index in [2.05, 4.69) is 15.3 Å². The topological polar surface area (TPSA) is 73.6 Å². The lowest BCUT2D eigenvalue weighted by Crippen LogP contribution is -2.43. The molecule has 0 bridgehead atoms. The van der Waals surface area contributed by atoms with Crippen molar-refractivity contribution in [3.8, 4) is 11.1 Å². The number of piperazine rings is 1. The predicted molar refractivity (Wildman–Crippen MR) is 144 cm³/mol. The van der Waals surface area contributed by atoms with Crippen LogP contribution in [0, 0.1) is 5.82 Å². The largest absolute Gasteiger partial charge is 0.478 e. The van der Waals surface area contributed by atoms with Crippen LogP contribution < -0.4 is 15.1 Å². The molecule has 39 heavy (non-hydrogen) atoms. The van der Waals surface area contributed by atoms with Crippen LogP contribution in [0.4, 0.5) is 28.9 Å². The van der Waals surface area contributed by atoms with E-state index < -0.39 is 35.3 Å². The Kier molecular flexibility index (Phi) is 8.63. The molecular formula is C26H27Cl2F4N5O2. The van der Waals surface area contributed by atoms with E-state index in [-0.39, 0.29) is 19.0 Å². The first-order valence-corrected chi connectivity index (χ1v) is 12.7. The number of hydrogen-bond acceptors (Lipinski definition) is 5. The molecule has 2 aromatic carbocycles. The summed E-state index contributed by atoms with van der Waals surface area (Å²) < 4.78 is 57.7. The van der Waals surface area contributed by atoms with Gasteiger partial charge in [-0.3, -0.25) is 4.68 Å². The van der Waals surface area contributed by atoms with Crippen LogP contribution in [0.25, 0.3) is 11.1 Å². The van der Waals surface area contributed by atoms with Gasteiger partial charge in [0.1, 0.15) is 11.4 Å². The average molecular weight is 588 g/mol. The SMILES string of the molecule is Cl.O=C(O)c1cnn(C2CCCN(c3cc(Cl)ccc3-c3ccc(N4CCNCC4)cc3F)C2)c1C(F)(F)F. The van der Waals surface area contributed by atoms with Crippen molar-refractivity contribution in [2.24, 2.45) is 0 Å². The summed E-state index contributed by atoms with van der Waals surface area (Å²) in [4.78, 5) is 15.4. The van der Waals surface area contributed by atoms with Crippen LogP contribution in [0.1, 0.15) is 34.9 Å². The molecule has 0 saturated carbocycles. The summed E-state index contributed by atoms with van der Waals surface area (Å²) >= 11 is 6.30. The lowest BCUT2D eigenvalue weighted by atomic mass is 9.98. The molecule has 3 heterocycles. The molecule has 2 aliphatic heterocycles. The van der Waals surface area contributed by atoms with Crippen molar-refractivity contribution in [3.05, 3.63) is 64.7 Å². The van der Waals surface area contributed by atoms with Crippen LogP contribution in [-0.2, 0) is 6.18 Å². The summed E-state index contributed by atoms with van der Waals surface area (Å²) in [7, 11) is 0. The second-order valence-electron chi connectivity index (χ2n) is 9.46. The van der Waals surface area contributed by atoms with E-state index in [4.69, 9.17) is 11.6 Å². The minimum Gasteiger partial charge on any atom is -0.478 e. The summed E-state index contributed by atoms with van der Waals surface area (Å²) in [6.45, 7) is 3.83. The second-order valence-corrected chi connectivity index (χ2v) is 9.90. The van der Waals surface area contributed by atoms with Crippen LogP contribution in [0.2, 0.25) is 5.02 Å². The number of aromatic nitrogens is 2. The maximum absolute atomic E-state index is 15.5. The third-order valence-electron chi connectivity index (χ3n) is 7.06. The van der Waals surface area contributed by atoms with E-state index in [1.807, 2.05) is 11.0 Å².